The highest BCUT2D eigenvalue weighted by Crippen LogP contribution is 2.35. The summed E-state index contributed by atoms with van der Waals surface area (Å²) < 4.78 is 10.2. The molecule has 0 aromatic heterocycles. The molecule has 9 heteroatoms. The summed E-state index contributed by atoms with van der Waals surface area (Å²) >= 11 is 0. The number of aryl methyl sites for hydroxylation is 1. The van der Waals surface area contributed by atoms with E-state index in [0.717, 1.165) is 23.0 Å². The van der Waals surface area contributed by atoms with Gasteiger partial charge in [-0.15, -0.1) is 0 Å². The highest BCUT2D eigenvalue weighted by molar-refractivity contribution is 6.02. The number of fused-ring (bicyclic) bond motifs is 1. The number of carbonyl (C=O) groups is 3. The molecule has 150 valence electrons. The maximum absolute atomic E-state index is 12.2. The molecule has 9 nitrogen and oxygen atoms in total. The molecule has 0 bridgehead atoms. The molecule has 1 amide bonds. The molecule has 0 fully saturated rings. The summed E-state index contributed by atoms with van der Waals surface area (Å²) in [6.07, 6.45) is 0.844. The van der Waals surface area contributed by atoms with Crippen LogP contribution in [0, 0.1) is 10.1 Å². The number of non-ortho nitro benzene ring substituents is 1. The van der Waals surface area contributed by atoms with Gasteiger partial charge in [0.2, 0.25) is 0 Å². The molecule has 0 atom stereocenters. The second kappa shape index (κ2) is 8.51. The van der Waals surface area contributed by atoms with Gasteiger partial charge in [0, 0.05) is 17.7 Å². The molecule has 0 saturated carbocycles. The molecule has 1 aliphatic heterocycles. The van der Waals surface area contributed by atoms with Crippen molar-refractivity contribution in [2.75, 3.05) is 24.7 Å². The summed E-state index contributed by atoms with van der Waals surface area (Å²) in [5, 5.41) is 11.0. The van der Waals surface area contributed by atoms with E-state index in [1.54, 1.807) is 12.1 Å². The van der Waals surface area contributed by atoms with E-state index in [1.165, 1.54) is 12.1 Å². The van der Waals surface area contributed by atoms with Crippen LogP contribution in [0.5, 0.6) is 5.75 Å². The lowest BCUT2D eigenvalue weighted by atomic mass is 10.1. The molecule has 0 saturated heterocycles. The van der Waals surface area contributed by atoms with Crippen molar-refractivity contribution in [3.05, 3.63) is 63.7 Å². The molecule has 2 aromatic rings. The van der Waals surface area contributed by atoms with Gasteiger partial charge in [-0.3, -0.25) is 29.4 Å². The number of anilines is 1. The van der Waals surface area contributed by atoms with E-state index in [4.69, 9.17) is 9.47 Å². The van der Waals surface area contributed by atoms with Crippen LogP contribution in [0.25, 0.3) is 0 Å². The summed E-state index contributed by atoms with van der Waals surface area (Å²) in [5.74, 6) is -1.48. The lowest BCUT2D eigenvalue weighted by Crippen LogP contribution is -2.42. The quantitative estimate of drug-likeness (QED) is 0.304. The van der Waals surface area contributed by atoms with Crippen molar-refractivity contribution in [3.63, 3.8) is 0 Å². The van der Waals surface area contributed by atoms with Crippen molar-refractivity contribution in [1.82, 2.24) is 0 Å². The zero-order valence-corrected chi connectivity index (χ0v) is 15.6. The molecular formula is C20H18N2O7. The van der Waals surface area contributed by atoms with Crippen LogP contribution in [0.15, 0.2) is 42.5 Å². The van der Waals surface area contributed by atoms with Crippen molar-refractivity contribution in [1.29, 1.82) is 0 Å². The van der Waals surface area contributed by atoms with Gasteiger partial charge in [-0.2, -0.15) is 0 Å². The van der Waals surface area contributed by atoms with Crippen LogP contribution in [-0.2, 0) is 20.7 Å². The predicted molar refractivity (Wildman–Crippen MR) is 102 cm³/mol. The third kappa shape index (κ3) is 4.57. The number of nitrogens with zero attached hydrogens (tertiary/aromatic N) is 2. The van der Waals surface area contributed by atoms with Crippen molar-refractivity contribution < 1.29 is 28.8 Å². The third-order valence-electron chi connectivity index (χ3n) is 4.43. The summed E-state index contributed by atoms with van der Waals surface area (Å²) in [6.45, 7) is 0.738. The van der Waals surface area contributed by atoms with Crippen LogP contribution in [-0.4, -0.2) is 42.3 Å². The van der Waals surface area contributed by atoms with Crippen molar-refractivity contribution in [3.8, 4) is 5.75 Å². The predicted octanol–water partition coefficient (Wildman–Crippen LogP) is 2.31. The monoisotopic (exact) mass is 398 g/mol. The number of esters is 1. The van der Waals surface area contributed by atoms with Gasteiger partial charge in [0.05, 0.1) is 10.6 Å². The Kier molecular flexibility index (Phi) is 5.87. The molecule has 29 heavy (non-hydrogen) atoms. The molecule has 0 N–H and O–H groups in total. The Morgan fingerprint density at radius 2 is 1.93 bits per heavy atom. The van der Waals surface area contributed by atoms with Gasteiger partial charge in [0.1, 0.15) is 12.3 Å². The normalized spacial score (nSPS) is 12.7. The Hall–Kier alpha value is -3.75. The first-order valence-corrected chi connectivity index (χ1v) is 8.88. The smallest absolute Gasteiger partial charge is 0.326 e. The first kappa shape index (κ1) is 20.0. The van der Waals surface area contributed by atoms with Crippen molar-refractivity contribution >= 4 is 29.0 Å². The highest BCUT2D eigenvalue weighted by Gasteiger charge is 2.29. The SMILES string of the molecule is CCc1ccc(C(=O)COC(=O)CN2C(=O)COc3ccc([N+](=O)[O-])cc32)cc1. The number of hydrogen-bond donors (Lipinski definition) is 0. The van der Waals surface area contributed by atoms with Gasteiger partial charge in [-0.05, 0) is 18.1 Å². The zero-order chi connectivity index (χ0) is 21.0. The number of carbonyl (C=O) groups excluding carboxylic acids is 3. The third-order valence-corrected chi connectivity index (χ3v) is 4.43. The van der Waals surface area contributed by atoms with Gasteiger partial charge < -0.3 is 9.47 Å². The van der Waals surface area contributed by atoms with Gasteiger partial charge >= 0.3 is 5.97 Å². The van der Waals surface area contributed by atoms with Crippen LogP contribution in [0.1, 0.15) is 22.8 Å². The fourth-order valence-electron chi connectivity index (χ4n) is 2.81. The van der Waals surface area contributed by atoms with Crippen LogP contribution >= 0.6 is 0 Å². The van der Waals surface area contributed by atoms with E-state index in [9.17, 15) is 24.5 Å². The minimum absolute atomic E-state index is 0.105. The van der Waals surface area contributed by atoms with Crippen LogP contribution in [0.3, 0.4) is 0 Å². The number of rotatable bonds is 7. The van der Waals surface area contributed by atoms with Crippen LogP contribution in [0.4, 0.5) is 11.4 Å². The minimum Gasteiger partial charge on any atom is -0.482 e. The van der Waals surface area contributed by atoms with E-state index in [2.05, 4.69) is 0 Å². The lowest BCUT2D eigenvalue weighted by molar-refractivity contribution is -0.384. The average molecular weight is 398 g/mol. The lowest BCUT2D eigenvalue weighted by Gasteiger charge is -2.28. The summed E-state index contributed by atoms with van der Waals surface area (Å²) in [4.78, 5) is 47.9. The first-order chi connectivity index (χ1) is 13.9. The summed E-state index contributed by atoms with van der Waals surface area (Å²) in [5.41, 5.74) is 1.36. The Balaban J connectivity index is 1.65. The minimum atomic E-state index is -0.809. The van der Waals surface area contributed by atoms with Crippen LogP contribution < -0.4 is 9.64 Å². The fourth-order valence-corrected chi connectivity index (χ4v) is 2.81. The Morgan fingerprint density at radius 1 is 1.21 bits per heavy atom. The zero-order valence-electron chi connectivity index (χ0n) is 15.6. The van der Waals surface area contributed by atoms with E-state index >= 15 is 0 Å². The Labute approximate surface area is 166 Å². The molecule has 0 radical (unpaired) electrons. The summed E-state index contributed by atoms with van der Waals surface area (Å²) in [7, 11) is 0. The molecule has 3 rings (SSSR count). The number of hydrogen-bond acceptors (Lipinski definition) is 7. The van der Waals surface area contributed by atoms with E-state index in [0.29, 0.717) is 5.56 Å². The second-order valence-electron chi connectivity index (χ2n) is 6.31. The van der Waals surface area contributed by atoms with E-state index in [1.807, 2.05) is 19.1 Å². The molecular weight excluding hydrogens is 380 g/mol. The standard InChI is InChI=1S/C20H18N2O7/c1-2-13-3-5-14(6-4-13)17(23)11-29-20(25)10-21-16-9-15(22(26)27)7-8-18(16)28-12-19(21)24/h3-9H,2,10-12H2,1H3. The molecule has 2 aromatic carbocycles. The largest absolute Gasteiger partial charge is 0.482 e. The number of ether oxygens (including phenoxy) is 2. The molecule has 1 heterocycles. The fraction of sp³-hybridized carbons (Fsp3) is 0.250. The van der Waals surface area contributed by atoms with Crippen molar-refractivity contribution in [2.24, 2.45) is 0 Å². The highest BCUT2D eigenvalue weighted by atomic mass is 16.6. The van der Waals surface area contributed by atoms with Gasteiger partial charge in [-0.1, -0.05) is 31.2 Å². The number of Topliss-reactive ketones (excluding diaryl/α,β-unsaturated/α-hetero) is 1. The second-order valence-corrected chi connectivity index (χ2v) is 6.31. The van der Waals surface area contributed by atoms with Gasteiger partial charge in [0.15, 0.2) is 19.0 Å². The number of nitro groups is 1. The van der Waals surface area contributed by atoms with E-state index < -0.39 is 30.0 Å². The van der Waals surface area contributed by atoms with E-state index in [-0.39, 0.29) is 29.5 Å². The number of benzene rings is 2. The van der Waals surface area contributed by atoms with Gasteiger partial charge in [-0.25, -0.2) is 0 Å². The maximum Gasteiger partial charge on any atom is 0.326 e. The number of nitro benzene ring substituents is 1. The molecule has 0 spiro atoms. The average Bonchev–Trinajstić information content (AvgIpc) is 2.73. The Morgan fingerprint density at radius 3 is 2.59 bits per heavy atom. The molecule has 1 aliphatic rings. The topological polar surface area (TPSA) is 116 Å². The molecule has 0 unspecified atom stereocenters. The number of amides is 1. The summed E-state index contributed by atoms with van der Waals surface area (Å²) in [6, 6.07) is 10.7. The number of ketones is 1. The first-order valence-electron chi connectivity index (χ1n) is 8.88. The Bertz CT molecular complexity index is 969. The van der Waals surface area contributed by atoms with Gasteiger partial charge in [0.25, 0.3) is 11.6 Å². The maximum atomic E-state index is 12.2. The van der Waals surface area contributed by atoms with Crippen LogP contribution in [0.2, 0.25) is 0 Å². The van der Waals surface area contributed by atoms with Crippen molar-refractivity contribution in [2.45, 2.75) is 13.3 Å². The molecule has 0 aliphatic carbocycles.